The predicted molar refractivity (Wildman–Crippen MR) is 130 cm³/mol. The summed E-state index contributed by atoms with van der Waals surface area (Å²) < 4.78 is 11.6. The van der Waals surface area contributed by atoms with Crippen molar-refractivity contribution in [3.63, 3.8) is 0 Å². The molecule has 4 fully saturated rings. The van der Waals surface area contributed by atoms with Crippen molar-refractivity contribution in [3.05, 3.63) is 24.3 Å². The van der Waals surface area contributed by atoms with Crippen LogP contribution in [0.25, 0.3) is 0 Å². The molecule has 1 unspecified atom stereocenters. The number of anilines is 2. The summed E-state index contributed by atoms with van der Waals surface area (Å²) in [6.07, 6.45) is 0.462. The van der Waals surface area contributed by atoms with E-state index in [0.29, 0.717) is 37.6 Å². The van der Waals surface area contributed by atoms with Crippen LogP contribution in [0, 0.1) is 0 Å². The van der Waals surface area contributed by atoms with Gasteiger partial charge in [-0.1, -0.05) is 0 Å². The minimum absolute atomic E-state index is 0.0325. The molecule has 5 rings (SSSR count). The number of nitrogens with zero attached hydrogens (tertiary/aromatic N) is 2. The lowest BCUT2D eigenvalue weighted by Gasteiger charge is -2.34. The first kappa shape index (κ1) is 25.0. The first-order valence-electron chi connectivity index (χ1n) is 13.0. The van der Waals surface area contributed by atoms with E-state index in [4.69, 9.17) is 9.47 Å². The van der Waals surface area contributed by atoms with Crippen molar-refractivity contribution in [1.29, 1.82) is 0 Å². The number of quaternary nitrogens is 2. The maximum Gasteiger partial charge on any atom is 0.292 e. The molecular formula is C26H36N4O6+2. The molecule has 7 atom stereocenters. The molecule has 4 aliphatic heterocycles. The van der Waals surface area contributed by atoms with Crippen LogP contribution >= 0.6 is 0 Å². The van der Waals surface area contributed by atoms with Gasteiger partial charge in [0.1, 0.15) is 50.6 Å². The van der Waals surface area contributed by atoms with Crippen LogP contribution in [0.1, 0.15) is 40.5 Å². The molecular weight excluding hydrogens is 464 g/mol. The highest BCUT2D eigenvalue weighted by molar-refractivity contribution is 6.23. The normalized spacial score (nSPS) is 37.8. The van der Waals surface area contributed by atoms with Gasteiger partial charge in [-0.05, 0) is 52.0 Å². The molecule has 4 aliphatic rings. The van der Waals surface area contributed by atoms with E-state index in [1.165, 1.54) is 9.80 Å². The van der Waals surface area contributed by atoms with Gasteiger partial charge in [0.25, 0.3) is 11.8 Å². The molecule has 0 aliphatic carbocycles. The first-order valence-corrected chi connectivity index (χ1v) is 13.0. The Morgan fingerprint density at radius 2 is 0.917 bits per heavy atom. The number of benzene rings is 1. The number of ether oxygens (including phenoxy) is 2. The molecule has 36 heavy (non-hydrogen) atoms. The van der Waals surface area contributed by atoms with Crippen molar-refractivity contribution in [1.82, 2.24) is 0 Å². The number of imide groups is 2. The fourth-order valence-electron chi connectivity index (χ4n) is 6.39. The Bertz CT molecular complexity index is 958. The van der Waals surface area contributed by atoms with Crippen LogP contribution in [0.5, 0.6) is 0 Å². The maximum absolute atomic E-state index is 13.3. The molecule has 1 aromatic carbocycles. The van der Waals surface area contributed by atoms with Crippen LogP contribution < -0.4 is 19.6 Å². The molecule has 10 heteroatoms. The van der Waals surface area contributed by atoms with Gasteiger partial charge >= 0.3 is 0 Å². The van der Waals surface area contributed by atoms with Gasteiger partial charge < -0.3 is 19.3 Å². The lowest BCUT2D eigenvalue weighted by Crippen LogP contribution is -3.19. The highest BCUT2D eigenvalue weighted by Gasteiger charge is 2.49. The Hall–Kier alpha value is -2.66. The molecule has 0 saturated carbocycles. The average Bonchev–Trinajstić information content (AvgIpc) is 3.27. The van der Waals surface area contributed by atoms with Gasteiger partial charge in [0, 0.05) is 0 Å². The second kappa shape index (κ2) is 9.66. The average molecular weight is 501 g/mol. The first-order chi connectivity index (χ1) is 17.1. The summed E-state index contributed by atoms with van der Waals surface area (Å²) in [6.45, 7) is 10.7. The van der Waals surface area contributed by atoms with Gasteiger partial charge in [-0.3, -0.25) is 19.2 Å². The van der Waals surface area contributed by atoms with E-state index in [0.717, 1.165) is 9.80 Å². The fourth-order valence-corrected chi connectivity index (χ4v) is 6.39. The maximum atomic E-state index is 13.3. The number of carbonyl (C=O) groups is 4. The number of hydrogen-bond acceptors (Lipinski definition) is 6. The third-order valence-electron chi connectivity index (χ3n) is 7.77. The van der Waals surface area contributed by atoms with Gasteiger partial charge in [0.15, 0.2) is 12.1 Å². The summed E-state index contributed by atoms with van der Waals surface area (Å²) >= 11 is 0. The van der Waals surface area contributed by atoms with E-state index in [9.17, 15) is 19.2 Å². The number of rotatable bonds is 4. The van der Waals surface area contributed by atoms with Gasteiger partial charge in [0.2, 0.25) is 11.8 Å². The van der Waals surface area contributed by atoms with Crippen molar-refractivity contribution in [2.24, 2.45) is 0 Å². The van der Waals surface area contributed by atoms with Crippen LogP contribution in [-0.4, -0.2) is 86.3 Å². The highest BCUT2D eigenvalue weighted by Crippen LogP contribution is 2.28. The van der Waals surface area contributed by atoms with Crippen molar-refractivity contribution >= 4 is 35.0 Å². The third kappa shape index (κ3) is 4.58. The number of hydrogen-bond donors (Lipinski definition) is 2. The van der Waals surface area contributed by atoms with Crippen molar-refractivity contribution in [3.8, 4) is 0 Å². The Morgan fingerprint density at radius 1 is 0.611 bits per heavy atom. The number of nitrogens with one attached hydrogen (secondary N) is 2. The summed E-state index contributed by atoms with van der Waals surface area (Å²) in [5, 5.41) is 0. The second-order valence-electron chi connectivity index (χ2n) is 10.8. The number of amides is 4. The Balaban J connectivity index is 1.30. The third-order valence-corrected chi connectivity index (χ3v) is 7.77. The van der Waals surface area contributed by atoms with Crippen LogP contribution in [0.15, 0.2) is 24.3 Å². The van der Waals surface area contributed by atoms with E-state index >= 15 is 0 Å². The number of carbonyl (C=O) groups excluding carboxylic acids is 4. The van der Waals surface area contributed by atoms with Crippen LogP contribution in [0.2, 0.25) is 0 Å². The predicted octanol–water partition coefficient (Wildman–Crippen LogP) is -1.67. The quantitative estimate of drug-likeness (QED) is 0.480. The van der Waals surface area contributed by atoms with Gasteiger partial charge in [0.05, 0.1) is 24.2 Å². The monoisotopic (exact) mass is 500 g/mol. The molecule has 10 nitrogen and oxygen atoms in total. The Morgan fingerprint density at radius 3 is 1.22 bits per heavy atom. The van der Waals surface area contributed by atoms with Gasteiger partial charge in [-0.2, -0.15) is 0 Å². The summed E-state index contributed by atoms with van der Waals surface area (Å²) in [7, 11) is 0. The van der Waals surface area contributed by atoms with E-state index in [1.807, 2.05) is 27.7 Å². The summed E-state index contributed by atoms with van der Waals surface area (Å²) in [4.78, 5) is 56.8. The lowest BCUT2D eigenvalue weighted by molar-refractivity contribution is -0.929. The zero-order chi connectivity index (χ0) is 25.7. The van der Waals surface area contributed by atoms with E-state index in [2.05, 4.69) is 0 Å². The summed E-state index contributed by atoms with van der Waals surface area (Å²) in [6, 6.07) is 5.74. The minimum Gasteiger partial charge on any atom is -0.364 e. The molecule has 2 N–H and O–H groups in total. The fraction of sp³-hybridized carbons (Fsp3) is 0.615. The minimum atomic E-state index is -0.422. The molecule has 4 amide bonds. The highest BCUT2D eigenvalue weighted by atomic mass is 16.5. The van der Waals surface area contributed by atoms with Gasteiger partial charge in [-0.15, -0.1) is 0 Å². The Kier molecular flexibility index (Phi) is 6.71. The van der Waals surface area contributed by atoms with Crippen molar-refractivity contribution in [2.45, 2.75) is 77.0 Å². The number of morpholine rings is 2. The van der Waals surface area contributed by atoms with Crippen molar-refractivity contribution < 1.29 is 38.5 Å². The Labute approximate surface area is 211 Å². The SMILES string of the molecule is C[C@@H]1C[NH+]([C@@H]2CC(=O)N(c3ccc(N4C(=O)C[C@H]([NH+]5C[C@@H](C)O[C@@H](C)C5)C4=O)cc3)C2=O)C[C@@H](C)O1. The molecule has 0 spiro atoms. The van der Waals surface area contributed by atoms with Crippen LogP contribution in [-0.2, 0) is 28.7 Å². The molecule has 0 bridgehead atoms. The zero-order valence-electron chi connectivity index (χ0n) is 21.4. The van der Waals surface area contributed by atoms with Gasteiger partial charge in [-0.25, -0.2) is 9.80 Å². The summed E-state index contributed by atoms with van der Waals surface area (Å²) in [5.74, 6) is -0.887. The van der Waals surface area contributed by atoms with E-state index in [1.54, 1.807) is 24.3 Å². The zero-order valence-corrected chi connectivity index (χ0v) is 21.4. The molecule has 0 aromatic heterocycles. The smallest absolute Gasteiger partial charge is 0.292 e. The van der Waals surface area contributed by atoms with Crippen LogP contribution in [0.3, 0.4) is 0 Å². The topological polar surface area (TPSA) is 102 Å². The molecule has 4 heterocycles. The van der Waals surface area contributed by atoms with E-state index < -0.39 is 12.1 Å². The van der Waals surface area contributed by atoms with Crippen molar-refractivity contribution in [2.75, 3.05) is 36.0 Å². The summed E-state index contributed by atoms with van der Waals surface area (Å²) in [5.41, 5.74) is 0.921. The molecule has 1 aromatic rings. The second-order valence-corrected chi connectivity index (χ2v) is 10.8. The molecule has 4 saturated heterocycles. The molecule has 194 valence electrons. The lowest BCUT2D eigenvalue weighted by atomic mass is 10.1. The standard InChI is InChI=1S/C26H34N4O6/c1-15-11-27(12-16(2)35-15)21-9-23(31)29(25(21)33)19-5-7-20(8-6-19)30-24(32)10-22(26(30)34)28-13-17(3)36-18(4)14-28/h5-8,15-18,21-22H,9-14H2,1-4H3/p+2/t15-,16-,17-,18+,21-,22+/m1/s1. The largest absolute Gasteiger partial charge is 0.364 e. The van der Waals surface area contributed by atoms with Crippen LogP contribution in [0.4, 0.5) is 11.4 Å². The van der Waals surface area contributed by atoms with E-state index in [-0.39, 0.29) is 60.9 Å². The molecule has 0 radical (unpaired) electrons.